The molecule has 1 fully saturated rings. The van der Waals surface area contributed by atoms with Gasteiger partial charge in [0.1, 0.15) is 6.54 Å². The van der Waals surface area contributed by atoms with Gasteiger partial charge in [-0.15, -0.1) is 0 Å². The zero-order valence-corrected chi connectivity index (χ0v) is 13.5. The van der Waals surface area contributed by atoms with E-state index < -0.39 is 23.1 Å². The van der Waals surface area contributed by atoms with Crippen LogP contribution in [0.2, 0.25) is 0 Å². The number of esters is 1. The summed E-state index contributed by atoms with van der Waals surface area (Å²) in [6.45, 7) is 9.58. The molecule has 3 N–H and O–H groups in total. The molecule has 2 amide bonds. The summed E-state index contributed by atoms with van der Waals surface area (Å²) in [5, 5.41) is 16.9. The van der Waals surface area contributed by atoms with Crippen LogP contribution in [0, 0.1) is 0 Å². The van der Waals surface area contributed by atoms with E-state index in [1.54, 1.807) is 6.92 Å². The molecular weight excluding hydrogens is 274 g/mol. The van der Waals surface area contributed by atoms with Gasteiger partial charge < -0.3 is 20.6 Å². The maximum Gasteiger partial charge on any atom is 0.325 e. The number of hydrogen-bond donors (Lipinski definition) is 3. The smallest absolute Gasteiger partial charge is 0.325 e. The molecule has 0 aromatic heterocycles. The van der Waals surface area contributed by atoms with E-state index in [0.717, 1.165) is 0 Å². The van der Waals surface area contributed by atoms with Crippen molar-refractivity contribution in [2.75, 3.05) is 13.2 Å². The van der Waals surface area contributed by atoms with Crippen LogP contribution in [0.5, 0.6) is 0 Å². The van der Waals surface area contributed by atoms with Gasteiger partial charge >= 0.3 is 12.0 Å². The predicted molar refractivity (Wildman–Crippen MR) is 78.0 cm³/mol. The Morgan fingerprint density at radius 2 is 1.76 bits per heavy atom. The third kappa shape index (κ3) is 4.86. The molecule has 1 aliphatic heterocycles. The topological polar surface area (TPSA) is 90.9 Å². The summed E-state index contributed by atoms with van der Waals surface area (Å²) in [5.41, 5.74) is -0.859. The Balaban J connectivity index is 2.51. The van der Waals surface area contributed by atoms with Crippen LogP contribution in [0.25, 0.3) is 0 Å². The fourth-order valence-electron chi connectivity index (χ4n) is 2.97. The molecule has 1 aliphatic rings. The number of hydroxylamine groups is 2. The van der Waals surface area contributed by atoms with Crippen molar-refractivity contribution in [1.29, 1.82) is 0 Å². The lowest BCUT2D eigenvalue weighted by molar-refractivity contribution is -0.245. The maximum absolute atomic E-state index is 11.8. The van der Waals surface area contributed by atoms with Crippen molar-refractivity contribution in [3.63, 3.8) is 0 Å². The molecule has 21 heavy (non-hydrogen) atoms. The number of ether oxygens (including phenoxy) is 1. The van der Waals surface area contributed by atoms with Crippen LogP contribution in [-0.2, 0) is 9.53 Å². The monoisotopic (exact) mass is 301 g/mol. The van der Waals surface area contributed by atoms with Crippen molar-refractivity contribution in [2.24, 2.45) is 0 Å². The van der Waals surface area contributed by atoms with Gasteiger partial charge in [-0.3, -0.25) is 4.79 Å². The zero-order chi connectivity index (χ0) is 16.3. The fraction of sp³-hybridized carbons (Fsp3) is 0.857. The summed E-state index contributed by atoms with van der Waals surface area (Å²) in [4.78, 5) is 23.0. The second kappa shape index (κ2) is 6.62. The third-order valence-electron chi connectivity index (χ3n) is 3.67. The van der Waals surface area contributed by atoms with Gasteiger partial charge in [-0.05, 0) is 47.5 Å². The molecule has 0 aliphatic carbocycles. The van der Waals surface area contributed by atoms with Gasteiger partial charge in [0.25, 0.3) is 0 Å². The van der Waals surface area contributed by atoms with Crippen LogP contribution in [0.4, 0.5) is 4.79 Å². The van der Waals surface area contributed by atoms with E-state index >= 15 is 0 Å². The number of urea groups is 1. The molecule has 0 spiro atoms. The van der Waals surface area contributed by atoms with E-state index in [0.29, 0.717) is 19.4 Å². The normalized spacial score (nSPS) is 21.6. The molecule has 0 radical (unpaired) electrons. The highest BCUT2D eigenvalue weighted by molar-refractivity contribution is 5.80. The maximum atomic E-state index is 11.8. The Labute approximate surface area is 126 Å². The summed E-state index contributed by atoms with van der Waals surface area (Å²) in [6, 6.07) is -0.466. The number of nitrogens with one attached hydrogen (secondary N) is 2. The quantitative estimate of drug-likeness (QED) is 0.680. The first-order valence-electron chi connectivity index (χ1n) is 7.27. The van der Waals surface area contributed by atoms with Crippen LogP contribution >= 0.6 is 0 Å². The lowest BCUT2D eigenvalue weighted by Crippen LogP contribution is -2.63. The fourth-order valence-corrected chi connectivity index (χ4v) is 2.97. The standard InChI is InChI=1S/C14H27N3O4/c1-6-21-11(18)9-15-12(19)16-10-7-13(2,3)17(20)14(4,5)8-10/h10,20H,6-9H2,1-5H3,(H2,15,16,19). The summed E-state index contributed by atoms with van der Waals surface area (Å²) >= 11 is 0. The molecule has 0 aromatic rings. The van der Waals surface area contributed by atoms with Crippen molar-refractivity contribution in [3.05, 3.63) is 0 Å². The van der Waals surface area contributed by atoms with Crippen molar-refractivity contribution in [2.45, 2.75) is 64.6 Å². The molecule has 0 unspecified atom stereocenters. The summed E-state index contributed by atoms with van der Waals surface area (Å²) in [7, 11) is 0. The first-order valence-corrected chi connectivity index (χ1v) is 7.27. The van der Waals surface area contributed by atoms with Gasteiger partial charge in [0.05, 0.1) is 6.61 Å². The summed E-state index contributed by atoms with van der Waals surface area (Å²) in [5.74, 6) is -0.460. The zero-order valence-electron chi connectivity index (χ0n) is 13.5. The van der Waals surface area contributed by atoms with E-state index in [9.17, 15) is 14.8 Å². The molecule has 122 valence electrons. The number of rotatable bonds is 4. The highest BCUT2D eigenvalue weighted by Gasteiger charge is 2.45. The molecule has 0 aromatic carbocycles. The van der Waals surface area contributed by atoms with Crippen LogP contribution in [-0.4, -0.2) is 52.5 Å². The second-order valence-corrected chi connectivity index (χ2v) is 6.67. The number of amides is 2. The Hall–Kier alpha value is -1.34. The van der Waals surface area contributed by atoms with E-state index in [1.807, 2.05) is 27.7 Å². The Bertz CT molecular complexity index is 378. The van der Waals surface area contributed by atoms with Crippen LogP contribution < -0.4 is 10.6 Å². The number of hydrogen-bond acceptors (Lipinski definition) is 5. The van der Waals surface area contributed by atoms with E-state index in [-0.39, 0.29) is 12.6 Å². The predicted octanol–water partition coefficient (Wildman–Crippen LogP) is 1.26. The Morgan fingerprint density at radius 3 is 2.24 bits per heavy atom. The highest BCUT2D eigenvalue weighted by atomic mass is 16.5. The highest BCUT2D eigenvalue weighted by Crippen LogP contribution is 2.36. The molecule has 7 nitrogen and oxygen atoms in total. The van der Waals surface area contributed by atoms with Crippen molar-refractivity contribution in [1.82, 2.24) is 15.7 Å². The summed E-state index contributed by atoms with van der Waals surface area (Å²) < 4.78 is 4.74. The number of carbonyl (C=O) groups excluding carboxylic acids is 2. The van der Waals surface area contributed by atoms with Crippen LogP contribution in [0.15, 0.2) is 0 Å². The van der Waals surface area contributed by atoms with Gasteiger partial charge in [-0.1, -0.05) is 0 Å². The molecule has 1 rings (SSSR count). The lowest BCUT2D eigenvalue weighted by Gasteiger charge is -2.51. The van der Waals surface area contributed by atoms with Crippen molar-refractivity contribution in [3.8, 4) is 0 Å². The van der Waals surface area contributed by atoms with Crippen molar-refractivity contribution >= 4 is 12.0 Å². The van der Waals surface area contributed by atoms with Gasteiger partial charge in [0, 0.05) is 17.1 Å². The number of nitrogens with zero attached hydrogens (tertiary/aromatic N) is 1. The largest absolute Gasteiger partial charge is 0.465 e. The molecule has 1 heterocycles. The first-order chi connectivity index (χ1) is 9.58. The average molecular weight is 301 g/mol. The van der Waals surface area contributed by atoms with Crippen LogP contribution in [0.1, 0.15) is 47.5 Å². The molecule has 1 saturated heterocycles. The first kappa shape index (κ1) is 17.7. The molecule has 0 saturated carbocycles. The van der Waals surface area contributed by atoms with Gasteiger partial charge in [0.15, 0.2) is 0 Å². The van der Waals surface area contributed by atoms with Gasteiger partial charge in [0.2, 0.25) is 0 Å². The number of piperidine rings is 1. The van der Waals surface area contributed by atoms with Gasteiger partial charge in [-0.2, -0.15) is 5.06 Å². The van der Waals surface area contributed by atoms with Crippen molar-refractivity contribution < 1.29 is 19.5 Å². The Kier molecular flexibility index (Phi) is 5.58. The van der Waals surface area contributed by atoms with Crippen LogP contribution in [0.3, 0.4) is 0 Å². The Morgan fingerprint density at radius 1 is 1.24 bits per heavy atom. The minimum absolute atomic E-state index is 0.0689. The molecular formula is C14H27N3O4. The summed E-state index contributed by atoms with van der Waals surface area (Å²) in [6.07, 6.45) is 1.25. The SMILES string of the molecule is CCOC(=O)CNC(=O)NC1CC(C)(C)N(O)C(C)(C)C1. The molecule has 0 atom stereocenters. The van der Waals surface area contributed by atoms with E-state index in [4.69, 9.17) is 4.74 Å². The van der Waals surface area contributed by atoms with E-state index in [1.165, 1.54) is 5.06 Å². The van der Waals surface area contributed by atoms with E-state index in [2.05, 4.69) is 10.6 Å². The molecule has 0 bridgehead atoms. The third-order valence-corrected chi connectivity index (χ3v) is 3.67. The minimum atomic E-state index is -0.460. The second-order valence-electron chi connectivity index (χ2n) is 6.67. The average Bonchev–Trinajstić information content (AvgIpc) is 2.33. The number of carbonyl (C=O) groups is 2. The lowest BCUT2D eigenvalue weighted by atomic mass is 9.79. The van der Waals surface area contributed by atoms with Gasteiger partial charge in [-0.25, -0.2) is 4.79 Å². The molecule has 7 heteroatoms. The minimum Gasteiger partial charge on any atom is -0.465 e.